The molecule has 2 aromatic heterocycles. The van der Waals surface area contributed by atoms with Crippen molar-refractivity contribution in [3.8, 4) is 0 Å². The first-order chi connectivity index (χ1) is 12.3. The molecule has 0 bridgehead atoms. The first kappa shape index (κ1) is 22.6. The Bertz CT molecular complexity index is 645. The van der Waals surface area contributed by atoms with Crippen molar-refractivity contribution < 1.29 is 4.74 Å². The number of halogens is 1. The van der Waals surface area contributed by atoms with Gasteiger partial charge in [-0.25, -0.2) is 0 Å². The number of unbranched alkanes of at least 4 members (excludes halogenated alkanes) is 1. The molecular weight excluding hydrogens is 443 g/mol. The van der Waals surface area contributed by atoms with Gasteiger partial charge in [0.25, 0.3) is 0 Å². The lowest BCUT2D eigenvalue weighted by atomic mass is 10.3. The first-order valence-electron chi connectivity index (χ1n) is 9.23. The molecule has 0 saturated carbocycles. The quantitative estimate of drug-likeness (QED) is 0.227. The molecule has 0 unspecified atom stereocenters. The highest BCUT2D eigenvalue weighted by Gasteiger charge is 2.04. The molecule has 7 nitrogen and oxygen atoms in total. The van der Waals surface area contributed by atoms with Gasteiger partial charge >= 0.3 is 0 Å². The van der Waals surface area contributed by atoms with E-state index in [1.807, 2.05) is 35.7 Å². The zero-order chi connectivity index (χ0) is 17.7. The predicted molar refractivity (Wildman–Crippen MR) is 116 cm³/mol. The second kappa shape index (κ2) is 13.7. The van der Waals surface area contributed by atoms with E-state index in [1.54, 1.807) is 0 Å². The molecule has 0 atom stereocenters. The third kappa shape index (κ3) is 7.86. The number of hydrogen-bond acceptors (Lipinski definition) is 4. The van der Waals surface area contributed by atoms with Crippen molar-refractivity contribution in [3.63, 3.8) is 0 Å². The fourth-order valence-corrected chi connectivity index (χ4v) is 2.51. The fraction of sp³-hybridized carbons (Fsp3) is 0.611. The summed E-state index contributed by atoms with van der Waals surface area (Å²) in [5.41, 5.74) is 0.892. The average Bonchev–Trinajstić information content (AvgIpc) is 3.04. The molecule has 0 aliphatic carbocycles. The zero-order valence-corrected chi connectivity index (χ0v) is 18.1. The second-order valence-corrected chi connectivity index (χ2v) is 5.74. The highest BCUT2D eigenvalue weighted by molar-refractivity contribution is 14.0. The lowest BCUT2D eigenvalue weighted by molar-refractivity contribution is 0.143. The standard InChI is InChI=1S/C18H30N6O.HI/c1-3-19-18(20-12-6-8-15-25-4-2)21-13-9-11-17-23-22-16-10-5-7-14-24(16)17;/h5,7,10,14H,3-4,6,8-9,11-13,15H2,1-2H3,(H2,19,20,21);1H. The molecule has 2 N–H and O–H groups in total. The minimum atomic E-state index is 0. The molecule has 26 heavy (non-hydrogen) atoms. The maximum absolute atomic E-state index is 5.35. The number of rotatable bonds is 11. The van der Waals surface area contributed by atoms with E-state index < -0.39 is 0 Å². The summed E-state index contributed by atoms with van der Waals surface area (Å²) < 4.78 is 7.38. The van der Waals surface area contributed by atoms with Gasteiger partial charge in [0.1, 0.15) is 5.82 Å². The number of aromatic nitrogens is 3. The number of nitrogens with zero attached hydrogens (tertiary/aromatic N) is 4. The van der Waals surface area contributed by atoms with E-state index in [1.165, 1.54) is 0 Å². The number of aryl methyl sites for hydroxylation is 1. The van der Waals surface area contributed by atoms with Gasteiger partial charge in [-0.05, 0) is 45.2 Å². The van der Waals surface area contributed by atoms with Crippen LogP contribution in [-0.4, -0.2) is 53.4 Å². The lowest BCUT2D eigenvalue weighted by Gasteiger charge is -2.11. The van der Waals surface area contributed by atoms with Gasteiger partial charge in [-0.3, -0.25) is 9.39 Å². The molecule has 0 fully saturated rings. The lowest BCUT2D eigenvalue weighted by Crippen LogP contribution is -2.38. The molecule has 0 radical (unpaired) electrons. The van der Waals surface area contributed by atoms with Gasteiger partial charge in [-0.15, -0.1) is 34.2 Å². The summed E-state index contributed by atoms with van der Waals surface area (Å²) in [4.78, 5) is 4.63. The van der Waals surface area contributed by atoms with E-state index in [9.17, 15) is 0 Å². The van der Waals surface area contributed by atoms with Gasteiger partial charge in [0.2, 0.25) is 0 Å². The van der Waals surface area contributed by atoms with Crippen LogP contribution in [0.1, 0.15) is 38.9 Å². The summed E-state index contributed by atoms with van der Waals surface area (Å²) in [7, 11) is 0. The van der Waals surface area contributed by atoms with Gasteiger partial charge < -0.3 is 15.4 Å². The minimum Gasteiger partial charge on any atom is -0.382 e. The maximum Gasteiger partial charge on any atom is 0.191 e. The minimum absolute atomic E-state index is 0. The third-order valence-corrected chi connectivity index (χ3v) is 3.77. The van der Waals surface area contributed by atoms with Crippen LogP contribution in [0.25, 0.3) is 5.65 Å². The van der Waals surface area contributed by atoms with Crippen molar-refractivity contribution in [1.82, 2.24) is 25.2 Å². The van der Waals surface area contributed by atoms with Crippen LogP contribution in [0.2, 0.25) is 0 Å². The maximum atomic E-state index is 5.35. The molecule has 2 aromatic rings. The monoisotopic (exact) mass is 474 g/mol. The Hall–Kier alpha value is -1.42. The van der Waals surface area contributed by atoms with E-state index in [2.05, 4.69) is 32.7 Å². The Morgan fingerprint density at radius 1 is 1.15 bits per heavy atom. The molecule has 0 spiro atoms. The van der Waals surface area contributed by atoms with Gasteiger partial charge in [0.05, 0.1) is 0 Å². The Kier molecular flexibility index (Phi) is 12.0. The van der Waals surface area contributed by atoms with Gasteiger partial charge in [0.15, 0.2) is 11.6 Å². The largest absolute Gasteiger partial charge is 0.382 e. The number of aliphatic imine (C=N–C) groups is 1. The second-order valence-electron chi connectivity index (χ2n) is 5.74. The molecule has 0 aliphatic rings. The van der Waals surface area contributed by atoms with E-state index in [-0.39, 0.29) is 24.0 Å². The number of nitrogens with one attached hydrogen (secondary N) is 2. The van der Waals surface area contributed by atoms with Crippen molar-refractivity contribution in [2.24, 2.45) is 4.99 Å². The molecule has 2 heterocycles. The molecule has 0 aliphatic heterocycles. The summed E-state index contributed by atoms with van der Waals surface area (Å²) in [6, 6.07) is 5.94. The molecule has 2 rings (SSSR count). The van der Waals surface area contributed by atoms with Gasteiger partial charge in [-0.2, -0.15) is 0 Å². The molecule has 0 aromatic carbocycles. The Morgan fingerprint density at radius 3 is 2.85 bits per heavy atom. The van der Waals surface area contributed by atoms with E-state index in [0.717, 1.165) is 76.0 Å². The van der Waals surface area contributed by atoms with E-state index >= 15 is 0 Å². The van der Waals surface area contributed by atoms with Crippen LogP contribution in [0.5, 0.6) is 0 Å². The zero-order valence-electron chi connectivity index (χ0n) is 15.8. The van der Waals surface area contributed by atoms with Crippen LogP contribution in [0.4, 0.5) is 0 Å². The number of guanidine groups is 1. The predicted octanol–water partition coefficient (Wildman–Crippen LogP) is 2.65. The SMILES string of the molecule is CCNC(=NCCCc1nnc2ccccn12)NCCCCOCC.I. The molecule has 8 heteroatoms. The average molecular weight is 474 g/mol. The van der Waals surface area contributed by atoms with Crippen LogP contribution in [0.3, 0.4) is 0 Å². The van der Waals surface area contributed by atoms with E-state index in [4.69, 9.17) is 4.74 Å². The third-order valence-electron chi connectivity index (χ3n) is 3.77. The summed E-state index contributed by atoms with van der Waals surface area (Å²) in [5.74, 6) is 1.87. The van der Waals surface area contributed by atoms with Gasteiger partial charge in [0, 0.05) is 45.5 Å². The first-order valence-corrected chi connectivity index (χ1v) is 9.23. The topological polar surface area (TPSA) is 75.8 Å². The highest BCUT2D eigenvalue weighted by Crippen LogP contribution is 2.05. The number of fused-ring (bicyclic) bond motifs is 1. The van der Waals surface area contributed by atoms with Crippen molar-refractivity contribution in [1.29, 1.82) is 0 Å². The number of pyridine rings is 1. The van der Waals surface area contributed by atoms with Crippen molar-refractivity contribution in [3.05, 3.63) is 30.2 Å². The van der Waals surface area contributed by atoms with Crippen LogP contribution in [0, 0.1) is 0 Å². The molecular formula is C18H31IN6O. The Morgan fingerprint density at radius 2 is 2.04 bits per heavy atom. The number of ether oxygens (including phenoxy) is 1. The van der Waals surface area contributed by atoms with Crippen LogP contribution in [-0.2, 0) is 11.2 Å². The van der Waals surface area contributed by atoms with Crippen molar-refractivity contribution in [2.45, 2.75) is 39.5 Å². The summed E-state index contributed by atoms with van der Waals surface area (Å²) in [6.45, 7) is 8.26. The number of hydrogen-bond donors (Lipinski definition) is 2. The molecule has 146 valence electrons. The Labute approximate surface area is 173 Å². The molecule has 0 amide bonds. The van der Waals surface area contributed by atoms with Crippen molar-refractivity contribution in [2.75, 3.05) is 32.8 Å². The summed E-state index contributed by atoms with van der Waals surface area (Å²) in [6.07, 6.45) is 5.96. The van der Waals surface area contributed by atoms with Crippen LogP contribution < -0.4 is 10.6 Å². The van der Waals surface area contributed by atoms with E-state index in [0.29, 0.717) is 0 Å². The Balaban J connectivity index is 0.00000338. The highest BCUT2D eigenvalue weighted by atomic mass is 127. The van der Waals surface area contributed by atoms with Crippen LogP contribution >= 0.6 is 24.0 Å². The normalized spacial score (nSPS) is 11.4. The summed E-state index contributed by atoms with van der Waals surface area (Å²) in [5, 5.41) is 15.1. The summed E-state index contributed by atoms with van der Waals surface area (Å²) >= 11 is 0. The molecule has 0 saturated heterocycles. The van der Waals surface area contributed by atoms with Gasteiger partial charge in [-0.1, -0.05) is 6.07 Å². The van der Waals surface area contributed by atoms with Crippen LogP contribution in [0.15, 0.2) is 29.4 Å². The smallest absolute Gasteiger partial charge is 0.191 e. The fourth-order valence-electron chi connectivity index (χ4n) is 2.51. The van der Waals surface area contributed by atoms with Crippen molar-refractivity contribution >= 4 is 35.6 Å².